The van der Waals surface area contributed by atoms with Gasteiger partial charge in [0.15, 0.2) is 0 Å². The van der Waals surface area contributed by atoms with Crippen LogP contribution in [0, 0.1) is 0 Å². The van der Waals surface area contributed by atoms with Crippen LogP contribution in [0.2, 0.25) is 0 Å². The van der Waals surface area contributed by atoms with Gasteiger partial charge in [-0.05, 0) is 24.3 Å². The van der Waals surface area contributed by atoms with Crippen LogP contribution in [-0.4, -0.2) is 27.7 Å². The minimum Gasteiger partial charge on any atom is -0.384 e. The van der Waals surface area contributed by atoms with Crippen molar-refractivity contribution in [3.05, 3.63) is 65.0 Å². The van der Waals surface area contributed by atoms with E-state index in [-0.39, 0.29) is 5.56 Å². The highest BCUT2D eigenvalue weighted by Crippen LogP contribution is 2.23. The molecule has 0 saturated carbocycles. The predicted molar refractivity (Wildman–Crippen MR) is 96.3 cm³/mol. The van der Waals surface area contributed by atoms with Gasteiger partial charge in [-0.15, -0.1) is 0 Å². The maximum absolute atomic E-state index is 12.2. The maximum Gasteiger partial charge on any atom is 0.259 e. The lowest BCUT2D eigenvalue weighted by Gasteiger charge is -2.05. The van der Waals surface area contributed by atoms with Gasteiger partial charge in [-0.1, -0.05) is 24.3 Å². The van der Waals surface area contributed by atoms with Gasteiger partial charge < -0.3 is 16.0 Å². The molecule has 6 nitrogen and oxygen atoms in total. The van der Waals surface area contributed by atoms with Gasteiger partial charge in [0.05, 0.1) is 16.6 Å². The van der Waals surface area contributed by atoms with Gasteiger partial charge >= 0.3 is 0 Å². The number of rotatable bonds is 4. The number of nitrogens with one attached hydrogen (secondary N) is 2. The molecular formula is C18H17N5O. The predicted octanol–water partition coefficient (Wildman–Crippen LogP) is 2.21. The number of aromatic amines is 1. The number of nitrogens with zero attached hydrogens (tertiary/aromatic N) is 2. The summed E-state index contributed by atoms with van der Waals surface area (Å²) >= 11 is 0. The Kier molecular flexibility index (Phi) is 3.51. The van der Waals surface area contributed by atoms with E-state index in [1.54, 1.807) is 10.6 Å². The first-order chi connectivity index (χ1) is 11.8. The summed E-state index contributed by atoms with van der Waals surface area (Å²) < 4.78 is 1.77. The first kappa shape index (κ1) is 14.5. The molecule has 24 heavy (non-hydrogen) atoms. The monoisotopic (exact) mass is 319 g/mol. The average Bonchev–Trinajstić information content (AvgIpc) is 3.05. The lowest BCUT2D eigenvalue weighted by atomic mass is 10.1. The molecule has 0 unspecified atom stereocenters. The highest BCUT2D eigenvalue weighted by atomic mass is 16.1. The molecular weight excluding hydrogens is 302 g/mol. The van der Waals surface area contributed by atoms with Crippen molar-refractivity contribution in [1.82, 2.24) is 14.6 Å². The van der Waals surface area contributed by atoms with Gasteiger partial charge in [0.25, 0.3) is 5.56 Å². The minimum atomic E-state index is -0.108. The number of nitrogens with two attached hydrogens (primary N) is 1. The second-order valence-electron chi connectivity index (χ2n) is 5.59. The van der Waals surface area contributed by atoms with Gasteiger partial charge in [-0.2, -0.15) is 5.10 Å². The third kappa shape index (κ3) is 2.43. The van der Waals surface area contributed by atoms with Crippen LogP contribution in [0.15, 0.2) is 59.4 Å². The Morgan fingerprint density at radius 3 is 2.88 bits per heavy atom. The van der Waals surface area contributed by atoms with Crippen molar-refractivity contribution in [1.29, 1.82) is 0 Å². The quantitative estimate of drug-likeness (QED) is 0.538. The fourth-order valence-corrected chi connectivity index (χ4v) is 2.83. The van der Waals surface area contributed by atoms with Gasteiger partial charge in [-0.3, -0.25) is 4.79 Å². The standard InChI is InChI=1S/C18H17N5O/c19-8-9-20-13-5-3-4-12(10-13)15-11-17-21-18(24)14-6-1-2-7-16(14)23(17)22-15/h1-7,10-11,20H,8-9,19H2,(H,21,24). The van der Waals surface area contributed by atoms with Crippen molar-refractivity contribution in [2.24, 2.45) is 5.73 Å². The molecule has 6 heteroatoms. The van der Waals surface area contributed by atoms with E-state index in [1.807, 2.05) is 48.5 Å². The van der Waals surface area contributed by atoms with E-state index in [0.717, 1.165) is 22.5 Å². The molecule has 0 fully saturated rings. The Hall–Kier alpha value is -3.12. The summed E-state index contributed by atoms with van der Waals surface area (Å²) in [5.41, 5.74) is 9.67. The minimum absolute atomic E-state index is 0.108. The van der Waals surface area contributed by atoms with Gasteiger partial charge in [0.1, 0.15) is 5.65 Å². The molecule has 4 aromatic rings. The van der Waals surface area contributed by atoms with Crippen LogP contribution in [0.25, 0.3) is 27.8 Å². The third-order valence-corrected chi connectivity index (χ3v) is 3.96. The van der Waals surface area contributed by atoms with Crippen LogP contribution < -0.4 is 16.6 Å². The topological polar surface area (TPSA) is 88.2 Å². The van der Waals surface area contributed by atoms with Gasteiger partial charge in [0, 0.05) is 30.4 Å². The van der Waals surface area contributed by atoms with Crippen LogP contribution >= 0.6 is 0 Å². The van der Waals surface area contributed by atoms with E-state index in [4.69, 9.17) is 5.73 Å². The van der Waals surface area contributed by atoms with Crippen LogP contribution in [0.5, 0.6) is 0 Å². The molecule has 0 saturated heterocycles. The molecule has 0 aliphatic rings. The summed E-state index contributed by atoms with van der Waals surface area (Å²) in [6.07, 6.45) is 0. The smallest absolute Gasteiger partial charge is 0.259 e. The number of hydrogen-bond donors (Lipinski definition) is 3. The Morgan fingerprint density at radius 1 is 1.12 bits per heavy atom. The van der Waals surface area contributed by atoms with E-state index in [2.05, 4.69) is 15.4 Å². The normalized spacial score (nSPS) is 11.2. The van der Waals surface area contributed by atoms with Gasteiger partial charge in [-0.25, -0.2) is 4.52 Å². The van der Waals surface area contributed by atoms with Crippen molar-refractivity contribution in [3.63, 3.8) is 0 Å². The van der Waals surface area contributed by atoms with E-state index < -0.39 is 0 Å². The molecule has 0 atom stereocenters. The number of para-hydroxylation sites is 1. The number of hydrogen-bond acceptors (Lipinski definition) is 4. The van der Waals surface area contributed by atoms with Crippen molar-refractivity contribution in [2.75, 3.05) is 18.4 Å². The van der Waals surface area contributed by atoms with Crippen LogP contribution in [-0.2, 0) is 0 Å². The Bertz CT molecular complexity index is 1080. The Morgan fingerprint density at radius 2 is 2.00 bits per heavy atom. The summed E-state index contributed by atoms with van der Waals surface area (Å²) in [5.74, 6) is 0. The molecule has 0 aliphatic heterocycles. The Balaban J connectivity index is 1.86. The summed E-state index contributed by atoms with van der Waals surface area (Å²) in [6, 6.07) is 17.3. The number of anilines is 1. The first-order valence-corrected chi connectivity index (χ1v) is 7.81. The van der Waals surface area contributed by atoms with Crippen molar-refractivity contribution >= 4 is 22.2 Å². The molecule has 0 spiro atoms. The Labute approximate surface area is 137 Å². The van der Waals surface area contributed by atoms with Gasteiger partial charge in [0.2, 0.25) is 0 Å². The van der Waals surface area contributed by atoms with Crippen LogP contribution in [0.1, 0.15) is 0 Å². The number of H-pyrrole nitrogens is 1. The lowest BCUT2D eigenvalue weighted by molar-refractivity contribution is 0.981. The zero-order valence-corrected chi connectivity index (χ0v) is 13.0. The van der Waals surface area contributed by atoms with E-state index >= 15 is 0 Å². The first-order valence-electron chi connectivity index (χ1n) is 7.81. The highest BCUT2D eigenvalue weighted by Gasteiger charge is 2.10. The molecule has 4 N–H and O–H groups in total. The molecule has 2 heterocycles. The fourth-order valence-electron chi connectivity index (χ4n) is 2.83. The van der Waals surface area contributed by atoms with E-state index in [9.17, 15) is 4.79 Å². The molecule has 2 aromatic carbocycles. The van der Waals surface area contributed by atoms with Crippen molar-refractivity contribution in [2.45, 2.75) is 0 Å². The number of benzene rings is 2. The third-order valence-electron chi connectivity index (χ3n) is 3.96. The lowest BCUT2D eigenvalue weighted by Crippen LogP contribution is -2.12. The second-order valence-corrected chi connectivity index (χ2v) is 5.59. The maximum atomic E-state index is 12.2. The largest absolute Gasteiger partial charge is 0.384 e. The fraction of sp³-hybridized carbons (Fsp3) is 0.111. The molecule has 120 valence electrons. The molecule has 0 radical (unpaired) electrons. The zero-order chi connectivity index (χ0) is 16.5. The number of aromatic nitrogens is 3. The van der Waals surface area contributed by atoms with Crippen molar-refractivity contribution < 1.29 is 0 Å². The highest BCUT2D eigenvalue weighted by molar-refractivity contribution is 5.81. The SMILES string of the molecule is NCCNc1cccc(-c2cc3[nH]c(=O)c4ccccc4n3n2)c1. The average molecular weight is 319 g/mol. The molecule has 0 amide bonds. The summed E-state index contributed by atoms with van der Waals surface area (Å²) in [6.45, 7) is 1.29. The molecule has 0 aliphatic carbocycles. The summed E-state index contributed by atoms with van der Waals surface area (Å²) in [5, 5.41) is 8.55. The van der Waals surface area contributed by atoms with E-state index in [0.29, 0.717) is 24.1 Å². The summed E-state index contributed by atoms with van der Waals surface area (Å²) in [7, 11) is 0. The molecule has 0 bridgehead atoms. The number of fused-ring (bicyclic) bond motifs is 3. The van der Waals surface area contributed by atoms with Crippen LogP contribution in [0.4, 0.5) is 5.69 Å². The molecule has 4 rings (SSSR count). The second kappa shape index (κ2) is 5.82. The van der Waals surface area contributed by atoms with E-state index in [1.165, 1.54) is 0 Å². The molecule has 2 aromatic heterocycles. The van der Waals surface area contributed by atoms with Crippen LogP contribution in [0.3, 0.4) is 0 Å². The summed E-state index contributed by atoms with van der Waals surface area (Å²) in [4.78, 5) is 15.1. The zero-order valence-electron chi connectivity index (χ0n) is 13.0. The van der Waals surface area contributed by atoms with Crippen molar-refractivity contribution in [3.8, 4) is 11.3 Å².